The van der Waals surface area contributed by atoms with Crippen LogP contribution in [-0.2, 0) is 9.53 Å². The molecular weight excluding hydrogens is 331 g/mol. The minimum atomic E-state index is -0.420. The first-order valence-corrected chi connectivity index (χ1v) is 7.31. The summed E-state index contributed by atoms with van der Waals surface area (Å²) in [7, 11) is 3.14. The standard InChI is InChI=1S/C14H14Cl2N2O2S/c1-7-11(13(19)20-3)12(17-14(21)18(7)2)8-4-5-9(15)10(16)6-8/h4-6,12H,1-3H3,(H,17,21)/t12-/m0/s1. The highest BCUT2D eigenvalue weighted by Gasteiger charge is 2.33. The largest absolute Gasteiger partial charge is 0.466 e. The average Bonchev–Trinajstić information content (AvgIpc) is 2.46. The predicted octanol–water partition coefficient (Wildman–Crippen LogP) is 3.30. The van der Waals surface area contributed by atoms with Crippen LogP contribution in [0.25, 0.3) is 0 Å². The number of carbonyl (C=O) groups excluding carboxylic acids is 1. The molecule has 1 aromatic rings. The van der Waals surface area contributed by atoms with Crippen molar-refractivity contribution in [2.75, 3.05) is 14.2 Å². The van der Waals surface area contributed by atoms with Gasteiger partial charge in [0.25, 0.3) is 0 Å². The molecule has 4 nitrogen and oxygen atoms in total. The Labute approximate surface area is 138 Å². The second kappa shape index (κ2) is 6.22. The summed E-state index contributed by atoms with van der Waals surface area (Å²) >= 11 is 17.3. The molecule has 0 saturated heterocycles. The number of nitrogens with zero attached hydrogens (tertiary/aromatic N) is 1. The second-order valence-corrected chi connectivity index (χ2v) is 5.81. The van der Waals surface area contributed by atoms with Crippen LogP contribution in [-0.4, -0.2) is 30.1 Å². The van der Waals surface area contributed by atoms with Crippen molar-refractivity contribution < 1.29 is 9.53 Å². The first kappa shape index (κ1) is 16.1. The van der Waals surface area contributed by atoms with Crippen LogP contribution in [0.3, 0.4) is 0 Å². The average molecular weight is 345 g/mol. The summed E-state index contributed by atoms with van der Waals surface area (Å²) < 4.78 is 4.88. The lowest BCUT2D eigenvalue weighted by Gasteiger charge is -2.35. The second-order valence-electron chi connectivity index (χ2n) is 4.61. The maximum Gasteiger partial charge on any atom is 0.337 e. The van der Waals surface area contributed by atoms with Crippen LogP contribution >= 0.6 is 35.4 Å². The van der Waals surface area contributed by atoms with E-state index in [-0.39, 0.29) is 0 Å². The molecule has 0 fully saturated rings. The zero-order valence-electron chi connectivity index (χ0n) is 11.7. The highest BCUT2D eigenvalue weighted by molar-refractivity contribution is 7.80. The Morgan fingerprint density at radius 2 is 2.05 bits per heavy atom. The van der Waals surface area contributed by atoms with Gasteiger partial charge >= 0.3 is 5.97 Å². The lowest BCUT2D eigenvalue weighted by Crippen LogP contribution is -2.46. The quantitative estimate of drug-likeness (QED) is 0.658. The number of thiocarbonyl (C=S) groups is 1. The van der Waals surface area contributed by atoms with E-state index in [9.17, 15) is 4.79 Å². The van der Waals surface area contributed by atoms with Gasteiger partial charge in [0.2, 0.25) is 0 Å². The van der Waals surface area contributed by atoms with E-state index < -0.39 is 12.0 Å². The molecule has 0 bridgehead atoms. The molecule has 21 heavy (non-hydrogen) atoms. The molecule has 1 heterocycles. The Balaban J connectivity index is 2.56. The van der Waals surface area contributed by atoms with Gasteiger partial charge in [-0.15, -0.1) is 0 Å². The first-order valence-electron chi connectivity index (χ1n) is 6.15. The smallest absolute Gasteiger partial charge is 0.337 e. The summed E-state index contributed by atoms with van der Waals surface area (Å²) in [6.07, 6.45) is 0. The lowest BCUT2D eigenvalue weighted by atomic mass is 9.95. The van der Waals surface area contributed by atoms with Gasteiger partial charge < -0.3 is 15.0 Å². The molecule has 1 aliphatic heterocycles. The number of ether oxygens (including phenoxy) is 1. The van der Waals surface area contributed by atoms with Crippen molar-refractivity contribution in [2.24, 2.45) is 0 Å². The number of esters is 1. The Bertz CT molecular complexity index is 646. The van der Waals surface area contributed by atoms with Crippen molar-refractivity contribution in [3.05, 3.63) is 45.1 Å². The molecule has 0 aliphatic carbocycles. The number of methoxy groups -OCH3 is 1. The van der Waals surface area contributed by atoms with Gasteiger partial charge in [-0.25, -0.2) is 4.79 Å². The van der Waals surface area contributed by atoms with Crippen molar-refractivity contribution in [1.29, 1.82) is 0 Å². The molecule has 1 atom stereocenters. The predicted molar refractivity (Wildman–Crippen MR) is 87.4 cm³/mol. The van der Waals surface area contributed by atoms with Crippen molar-refractivity contribution >= 4 is 46.5 Å². The Hall–Kier alpha value is -1.30. The normalized spacial score (nSPS) is 18.6. The number of hydrogen-bond acceptors (Lipinski definition) is 3. The van der Waals surface area contributed by atoms with Gasteiger partial charge in [0.1, 0.15) is 0 Å². The minimum Gasteiger partial charge on any atom is -0.466 e. The third-order valence-electron chi connectivity index (χ3n) is 3.44. The van der Waals surface area contributed by atoms with Gasteiger partial charge in [-0.3, -0.25) is 0 Å². The fourth-order valence-corrected chi connectivity index (χ4v) is 2.71. The Morgan fingerprint density at radius 3 is 2.62 bits per heavy atom. The number of allylic oxidation sites excluding steroid dienone is 1. The van der Waals surface area contributed by atoms with Gasteiger partial charge in [0, 0.05) is 12.7 Å². The van der Waals surface area contributed by atoms with Gasteiger partial charge in [-0.1, -0.05) is 29.3 Å². The molecule has 0 radical (unpaired) electrons. The maximum absolute atomic E-state index is 12.1. The van der Waals surface area contributed by atoms with Crippen LogP contribution in [0, 0.1) is 0 Å². The lowest BCUT2D eigenvalue weighted by molar-refractivity contribution is -0.136. The van der Waals surface area contributed by atoms with Crippen LogP contribution in [0.5, 0.6) is 0 Å². The van der Waals surface area contributed by atoms with E-state index in [2.05, 4.69) is 5.32 Å². The van der Waals surface area contributed by atoms with Crippen molar-refractivity contribution in [1.82, 2.24) is 10.2 Å². The van der Waals surface area contributed by atoms with Crippen LogP contribution in [0.1, 0.15) is 18.5 Å². The molecule has 1 aromatic carbocycles. The topological polar surface area (TPSA) is 41.6 Å². The molecule has 2 rings (SSSR count). The van der Waals surface area contributed by atoms with E-state index in [4.69, 9.17) is 40.2 Å². The maximum atomic E-state index is 12.1. The number of hydrogen-bond donors (Lipinski definition) is 1. The number of carbonyl (C=O) groups is 1. The van der Waals surface area contributed by atoms with E-state index in [1.54, 1.807) is 30.1 Å². The monoisotopic (exact) mass is 344 g/mol. The molecule has 0 saturated carbocycles. The summed E-state index contributed by atoms with van der Waals surface area (Å²) in [4.78, 5) is 13.8. The molecular formula is C14H14Cl2N2O2S. The summed E-state index contributed by atoms with van der Waals surface area (Å²) in [5, 5.41) is 4.52. The zero-order valence-corrected chi connectivity index (χ0v) is 14.1. The van der Waals surface area contributed by atoms with Gasteiger partial charge in [-0.2, -0.15) is 0 Å². The van der Waals surface area contributed by atoms with E-state index in [0.29, 0.717) is 20.7 Å². The highest BCUT2D eigenvalue weighted by Crippen LogP contribution is 2.33. The molecule has 1 N–H and O–H groups in total. The minimum absolute atomic E-state index is 0.412. The SMILES string of the molecule is COC(=O)C1=C(C)N(C)C(=S)N[C@H]1c1ccc(Cl)c(Cl)c1. The van der Waals surface area contributed by atoms with Gasteiger partial charge in [-0.05, 0) is 36.8 Å². The third kappa shape index (κ3) is 3.00. The molecule has 0 amide bonds. The summed E-state index contributed by atoms with van der Waals surface area (Å²) in [5.74, 6) is -0.412. The van der Waals surface area contributed by atoms with E-state index in [0.717, 1.165) is 11.3 Å². The first-order chi connectivity index (χ1) is 9.86. The van der Waals surface area contributed by atoms with Crippen LogP contribution in [0.15, 0.2) is 29.5 Å². The molecule has 0 spiro atoms. The number of nitrogens with one attached hydrogen (secondary N) is 1. The highest BCUT2D eigenvalue weighted by atomic mass is 35.5. The fraction of sp³-hybridized carbons (Fsp3) is 0.286. The third-order valence-corrected chi connectivity index (χ3v) is 4.57. The Morgan fingerprint density at radius 1 is 1.38 bits per heavy atom. The van der Waals surface area contributed by atoms with Crippen molar-refractivity contribution in [3.8, 4) is 0 Å². The van der Waals surface area contributed by atoms with Crippen LogP contribution < -0.4 is 5.32 Å². The number of benzene rings is 1. The molecule has 112 valence electrons. The Kier molecular flexibility index (Phi) is 4.76. The zero-order chi connectivity index (χ0) is 15.7. The van der Waals surface area contributed by atoms with Crippen molar-refractivity contribution in [2.45, 2.75) is 13.0 Å². The summed E-state index contributed by atoms with van der Waals surface area (Å²) in [6, 6.07) is 4.78. The van der Waals surface area contributed by atoms with Crippen LogP contribution in [0.2, 0.25) is 10.0 Å². The van der Waals surface area contributed by atoms with E-state index >= 15 is 0 Å². The van der Waals surface area contributed by atoms with E-state index in [1.165, 1.54) is 7.11 Å². The molecule has 7 heteroatoms. The van der Waals surface area contributed by atoms with Crippen LogP contribution in [0.4, 0.5) is 0 Å². The van der Waals surface area contributed by atoms with Gasteiger partial charge in [0.15, 0.2) is 5.11 Å². The van der Waals surface area contributed by atoms with Gasteiger partial charge in [0.05, 0.1) is 28.8 Å². The molecule has 1 aliphatic rings. The van der Waals surface area contributed by atoms with Crippen molar-refractivity contribution in [3.63, 3.8) is 0 Å². The molecule has 0 aromatic heterocycles. The number of rotatable bonds is 2. The van der Waals surface area contributed by atoms with E-state index in [1.807, 2.05) is 6.92 Å². The summed E-state index contributed by atoms with van der Waals surface area (Å²) in [5.41, 5.74) is 2.02. The molecule has 0 unspecified atom stereocenters. The number of halogens is 2. The fourth-order valence-electron chi connectivity index (χ4n) is 2.15. The summed E-state index contributed by atoms with van der Waals surface area (Å²) in [6.45, 7) is 1.82.